The summed E-state index contributed by atoms with van der Waals surface area (Å²) >= 11 is 6.22. The van der Waals surface area contributed by atoms with Crippen LogP contribution in [0.3, 0.4) is 0 Å². The topological polar surface area (TPSA) is 55.3 Å². The molecule has 0 saturated carbocycles. The Hall–Kier alpha value is -3.44. The first kappa shape index (κ1) is 21.4. The molecule has 1 aromatic heterocycles. The number of hydrogen-bond donors (Lipinski definition) is 0. The van der Waals surface area contributed by atoms with E-state index in [9.17, 15) is 4.79 Å². The van der Waals surface area contributed by atoms with E-state index in [2.05, 4.69) is 29.2 Å². The summed E-state index contributed by atoms with van der Waals surface area (Å²) in [5.41, 5.74) is 5.07. The second-order valence-electron chi connectivity index (χ2n) is 8.27. The van der Waals surface area contributed by atoms with Crippen molar-refractivity contribution in [3.8, 4) is 11.3 Å². The maximum Gasteiger partial charge on any atom is 0.337 e. The Kier molecular flexibility index (Phi) is 5.97. The number of carbonyl (C=O) groups excluding carboxylic acids is 1. The standard InChI is InChI=1S/C27H24ClN3O2/c1-33-27(32)21-10-11-23-24(17-21)30-26(25(29-23)19-6-3-2-4-7-19)31-14-12-18(13-15-31)20-8-5-9-22(28)16-20/h2-11,16-18H,12-15H2,1H3. The lowest BCUT2D eigenvalue weighted by Crippen LogP contribution is -2.34. The molecule has 2 heterocycles. The molecular formula is C27H24ClN3O2. The summed E-state index contributed by atoms with van der Waals surface area (Å²) in [7, 11) is 1.38. The van der Waals surface area contributed by atoms with Gasteiger partial charge in [0.15, 0.2) is 5.82 Å². The number of rotatable bonds is 4. The zero-order valence-electron chi connectivity index (χ0n) is 18.4. The summed E-state index contributed by atoms with van der Waals surface area (Å²) in [5, 5.41) is 0.781. The van der Waals surface area contributed by atoms with Crippen molar-refractivity contribution in [2.75, 3.05) is 25.1 Å². The predicted octanol–water partition coefficient (Wildman–Crippen LogP) is 6.12. The summed E-state index contributed by atoms with van der Waals surface area (Å²) < 4.78 is 4.88. The fourth-order valence-corrected chi connectivity index (χ4v) is 4.68. The smallest absolute Gasteiger partial charge is 0.337 e. The van der Waals surface area contributed by atoms with Crippen LogP contribution in [0.5, 0.6) is 0 Å². The van der Waals surface area contributed by atoms with Gasteiger partial charge in [0.25, 0.3) is 0 Å². The van der Waals surface area contributed by atoms with Crippen LogP contribution in [0, 0.1) is 0 Å². The van der Waals surface area contributed by atoms with Gasteiger partial charge in [-0.1, -0.05) is 54.1 Å². The predicted molar refractivity (Wildman–Crippen MR) is 132 cm³/mol. The van der Waals surface area contributed by atoms with Gasteiger partial charge in [0.05, 0.1) is 23.7 Å². The van der Waals surface area contributed by atoms with E-state index in [1.807, 2.05) is 36.4 Å². The first-order valence-corrected chi connectivity index (χ1v) is 11.5. The molecule has 1 aliphatic heterocycles. The lowest BCUT2D eigenvalue weighted by molar-refractivity contribution is 0.0601. The quantitative estimate of drug-likeness (QED) is 0.345. The van der Waals surface area contributed by atoms with Crippen LogP contribution in [-0.4, -0.2) is 36.1 Å². The van der Waals surface area contributed by atoms with Crippen LogP contribution in [0.2, 0.25) is 5.02 Å². The summed E-state index contributed by atoms with van der Waals surface area (Å²) in [6.45, 7) is 1.74. The van der Waals surface area contributed by atoms with E-state index in [0.29, 0.717) is 17.0 Å². The first-order chi connectivity index (χ1) is 16.1. The third kappa shape index (κ3) is 4.41. The van der Waals surface area contributed by atoms with Gasteiger partial charge in [0, 0.05) is 23.7 Å². The minimum atomic E-state index is -0.380. The number of carbonyl (C=O) groups is 1. The van der Waals surface area contributed by atoms with E-state index in [0.717, 1.165) is 53.5 Å². The number of aromatic nitrogens is 2. The first-order valence-electron chi connectivity index (χ1n) is 11.1. The van der Waals surface area contributed by atoms with E-state index in [1.165, 1.54) is 12.7 Å². The molecule has 166 valence electrons. The van der Waals surface area contributed by atoms with Crippen LogP contribution in [0.1, 0.15) is 34.7 Å². The molecule has 0 amide bonds. The van der Waals surface area contributed by atoms with Gasteiger partial charge in [-0.05, 0) is 54.7 Å². The Morgan fingerprint density at radius 1 is 0.939 bits per heavy atom. The molecule has 6 heteroatoms. The van der Waals surface area contributed by atoms with E-state index in [1.54, 1.807) is 12.1 Å². The van der Waals surface area contributed by atoms with Crippen molar-refractivity contribution in [1.29, 1.82) is 0 Å². The normalized spacial score (nSPS) is 14.4. The number of ether oxygens (including phenoxy) is 1. The van der Waals surface area contributed by atoms with Crippen LogP contribution < -0.4 is 4.90 Å². The highest BCUT2D eigenvalue weighted by molar-refractivity contribution is 6.30. The molecule has 33 heavy (non-hydrogen) atoms. The van der Waals surface area contributed by atoms with Gasteiger partial charge in [-0.25, -0.2) is 14.8 Å². The summed E-state index contributed by atoms with van der Waals surface area (Å²) in [4.78, 5) is 24.3. The second-order valence-corrected chi connectivity index (χ2v) is 8.71. The maximum absolute atomic E-state index is 12.0. The number of fused-ring (bicyclic) bond motifs is 1. The number of esters is 1. The maximum atomic E-state index is 12.0. The average Bonchev–Trinajstić information content (AvgIpc) is 2.87. The lowest BCUT2D eigenvalue weighted by Gasteiger charge is -2.34. The fourth-order valence-electron chi connectivity index (χ4n) is 4.49. The van der Waals surface area contributed by atoms with Crippen molar-refractivity contribution in [3.63, 3.8) is 0 Å². The molecule has 0 spiro atoms. The highest BCUT2D eigenvalue weighted by atomic mass is 35.5. The molecule has 1 fully saturated rings. The molecular weight excluding hydrogens is 434 g/mol. The zero-order valence-corrected chi connectivity index (χ0v) is 19.1. The van der Waals surface area contributed by atoms with Crippen molar-refractivity contribution >= 4 is 34.4 Å². The van der Waals surface area contributed by atoms with E-state index in [-0.39, 0.29) is 5.97 Å². The van der Waals surface area contributed by atoms with Crippen LogP contribution in [-0.2, 0) is 4.74 Å². The molecule has 0 radical (unpaired) electrons. The van der Waals surface area contributed by atoms with Crippen LogP contribution in [0.15, 0.2) is 72.8 Å². The van der Waals surface area contributed by atoms with Crippen molar-refractivity contribution in [2.24, 2.45) is 0 Å². The van der Waals surface area contributed by atoms with Crippen LogP contribution >= 0.6 is 11.6 Å². The van der Waals surface area contributed by atoms with E-state index in [4.69, 9.17) is 26.3 Å². The fraction of sp³-hybridized carbons (Fsp3) is 0.222. The third-order valence-corrected chi connectivity index (χ3v) is 6.46. The molecule has 1 aliphatic rings. The van der Waals surface area contributed by atoms with Crippen molar-refractivity contribution < 1.29 is 9.53 Å². The van der Waals surface area contributed by atoms with Gasteiger partial charge in [0.1, 0.15) is 5.69 Å². The summed E-state index contributed by atoms with van der Waals surface area (Å²) in [6, 6.07) is 23.6. The highest BCUT2D eigenvalue weighted by Crippen LogP contribution is 2.35. The molecule has 5 nitrogen and oxygen atoms in total. The number of nitrogens with zero attached hydrogens (tertiary/aromatic N) is 3. The van der Waals surface area contributed by atoms with E-state index >= 15 is 0 Å². The highest BCUT2D eigenvalue weighted by Gasteiger charge is 2.25. The Morgan fingerprint density at radius 2 is 1.73 bits per heavy atom. The molecule has 3 aromatic carbocycles. The number of halogens is 1. The molecule has 1 saturated heterocycles. The molecule has 0 aliphatic carbocycles. The van der Waals surface area contributed by atoms with Gasteiger partial charge in [-0.2, -0.15) is 0 Å². The van der Waals surface area contributed by atoms with Gasteiger partial charge in [-0.3, -0.25) is 0 Å². The largest absolute Gasteiger partial charge is 0.465 e. The van der Waals surface area contributed by atoms with Gasteiger partial charge in [0.2, 0.25) is 0 Å². The second kappa shape index (κ2) is 9.20. The molecule has 5 rings (SSSR count). The molecule has 0 N–H and O–H groups in total. The Labute approximate surface area is 198 Å². The third-order valence-electron chi connectivity index (χ3n) is 6.23. The lowest BCUT2D eigenvalue weighted by atomic mass is 9.89. The number of methoxy groups -OCH3 is 1. The summed E-state index contributed by atoms with van der Waals surface area (Å²) in [5.74, 6) is 0.939. The van der Waals surface area contributed by atoms with Gasteiger partial charge < -0.3 is 9.64 Å². The summed E-state index contributed by atoms with van der Waals surface area (Å²) in [6.07, 6.45) is 2.02. The molecule has 4 aromatic rings. The Balaban J connectivity index is 1.52. The number of benzene rings is 3. The number of piperidine rings is 1. The minimum Gasteiger partial charge on any atom is -0.465 e. The number of anilines is 1. The monoisotopic (exact) mass is 457 g/mol. The average molecular weight is 458 g/mol. The van der Waals surface area contributed by atoms with Crippen LogP contribution in [0.25, 0.3) is 22.3 Å². The van der Waals surface area contributed by atoms with Gasteiger partial charge in [-0.15, -0.1) is 0 Å². The molecule has 0 atom stereocenters. The molecule has 0 unspecified atom stereocenters. The zero-order chi connectivity index (χ0) is 22.8. The van der Waals surface area contributed by atoms with Crippen molar-refractivity contribution in [1.82, 2.24) is 9.97 Å². The minimum absolute atomic E-state index is 0.380. The Bertz CT molecular complexity index is 1300. The molecule has 0 bridgehead atoms. The SMILES string of the molecule is COC(=O)c1ccc2nc(-c3ccccc3)c(N3CCC(c4cccc(Cl)c4)CC3)nc2c1. The van der Waals surface area contributed by atoms with E-state index < -0.39 is 0 Å². The van der Waals surface area contributed by atoms with Gasteiger partial charge >= 0.3 is 5.97 Å². The van der Waals surface area contributed by atoms with Crippen molar-refractivity contribution in [2.45, 2.75) is 18.8 Å². The van der Waals surface area contributed by atoms with Crippen molar-refractivity contribution in [3.05, 3.63) is 88.9 Å². The number of hydrogen-bond acceptors (Lipinski definition) is 5. The van der Waals surface area contributed by atoms with Crippen LogP contribution in [0.4, 0.5) is 5.82 Å². The Morgan fingerprint density at radius 3 is 2.45 bits per heavy atom.